The molecule has 1 amide bonds. The van der Waals surface area contributed by atoms with Crippen LogP contribution in [0.25, 0.3) is 0 Å². The number of carbonyl (C=O) groups excluding carboxylic acids is 1. The van der Waals surface area contributed by atoms with Crippen molar-refractivity contribution < 1.29 is 9.18 Å². The smallest absolute Gasteiger partial charge is 0.244 e. The number of aryl methyl sites for hydroxylation is 1. The van der Waals surface area contributed by atoms with E-state index in [1.807, 2.05) is 30.6 Å². The van der Waals surface area contributed by atoms with Crippen LogP contribution in [0, 0.1) is 5.82 Å². The van der Waals surface area contributed by atoms with E-state index in [9.17, 15) is 9.18 Å². The van der Waals surface area contributed by atoms with Crippen molar-refractivity contribution in [1.82, 2.24) is 19.8 Å². The van der Waals surface area contributed by atoms with Crippen LogP contribution < -0.4 is 5.32 Å². The summed E-state index contributed by atoms with van der Waals surface area (Å²) in [5.74, 6) is 0.152. The van der Waals surface area contributed by atoms with Gasteiger partial charge in [0.25, 0.3) is 0 Å². The molecular formula is C17H21FN4O. The number of nitrogens with one attached hydrogen (secondary N) is 1. The molecule has 1 aromatic heterocycles. The predicted octanol–water partition coefficient (Wildman–Crippen LogP) is 1.88. The fourth-order valence-electron chi connectivity index (χ4n) is 2.17. The first-order valence-corrected chi connectivity index (χ1v) is 7.32. The summed E-state index contributed by atoms with van der Waals surface area (Å²) >= 11 is 0. The molecule has 23 heavy (non-hydrogen) atoms. The number of amides is 1. The van der Waals surface area contributed by atoms with Gasteiger partial charge in [-0.25, -0.2) is 9.37 Å². The molecular weight excluding hydrogens is 295 g/mol. The van der Waals surface area contributed by atoms with E-state index in [0.29, 0.717) is 12.4 Å². The van der Waals surface area contributed by atoms with Gasteiger partial charge in [-0.2, -0.15) is 0 Å². The van der Waals surface area contributed by atoms with Gasteiger partial charge in [0.05, 0.1) is 0 Å². The lowest BCUT2D eigenvalue weighted by molar-refractivity contribution is -0.117. The van der Waals surface area contributed by atoms with Crippen LogP contribution in [0.2, 0.25) is 0 Å². The van der Waals surface area contributed by atoms with Crippen molar-refractivity contribution in [2.75, 3.05) is 20.6 Å². The van der Waals surface area contributed by atoms with Crippen molar-refractivity contribution in [2.45, 2.75) is 6.04 Å². The van der Waals surface area contributed by atoms with E-state index >= 15 is 0 Å². The van der Waals surface area contributed by atoms with Crippen molar-refractivity contribution >= 4 is 5.91 Å². The molecule has 0 fully saturated rings. The Balaban J connectivity index is 2.21. The Labute approximate surface area is 135 Å². The molecule has 0 bridgehead atoms. The highest BCUT2D eigenvalue weighted by atomic mass is 19.1. The standard InChI is InChI=1S/C17H21FN4O/c1-21(2)11-4-5-15(23)20-16(17-19-10-12-22(17)3)13-6-8-14(18)9-7-13/h4-10,12,16H,11H2,1-3H3,(H,20,23)/b5-4+. The van der Waals surface area contributed by atoms with Crippen molar-refractivity contribution in [3.63, 3.8) is 0 Å². The number of imidazole rings is 1. The first-order chi connectivity index (χ1) is 11.0. The third-order valence-electron chi connectivity index (χ3n) is 3.35. The van der Waals surface area contributed by atoms with Crippen molar-refractivity contribution in [3.05, 3.63) is 66.0 Å². The van der Waals surface area contributed by atoms with Crippen LogP contribution in [0.5, 0.6) is 0 Å². The van der Waals surface area contributed by atoms with E-state index in [2.05, 4.69) is 10.3 Å². The van der Waals surface area contributed by atoms with Crippen molar-refractivity contribution in [2.24, 2.45) is 7.05 Å². The van der Waals surface area contributed by atoms with Gasteiger partial charge in [0.2, 0.25) is 5.91 Å². The molecule has 0 aliphatic heterocycles. The molecule has 1 N–H and O–H groups in total. The number of halogens is 1. The molecule has 0 spiro atoms. The Bertz CT molecular complexity index is 676. The fraction of sp³-hybridized carbons (Fsp3) is 0.294. The van der Waals surface area contributed by atoms with E-state index in [-0.39, 0.29) is 11.7 Å². The second-order valence-electron chi connectivity index (χ2n) is 5.55. The van der Waals surface area contributed by atoms with Crippen LogP contribution in [0.1, 0.15) is 17.4 Å². The zero-order chi connectivity index (χ0) is 16.8. The molecule has 2 aromatic rings. The molecule has 0 radical (unpaired) electrons. The summed E-state index contributed by atoms with van der Waals surface area (Å²) in [6.07, 6.45) is 6.76. The van der Waals surface area contributed by atoms with E-state index in [0.717, 1.165) is 5.56 Å². The second kappa shape index (κ2) is 7.69. The molecule has 5 nitrogen and oxygen atoms in total. The number of carbonyl (C=O) groups is 1. The molecule has 0 saturated heterocycles. The van der Waals surface area contributed by atoms with Crippen LogP contribution in [0.4, 0.5) is 4.39 Å². The molecule has 1 atom stereocenters. The van der Waals surface area contributed by atoms with Crippen molar-refractivity contribution in [3.8, 4) is 0 Å². The maximum Gasteiger partial charge on any atom is 0.244 e. The van der Waals surface area contributed by atoms with Gasteiger partial charge in [-0.15, -0.1) is 0 Å². The lowest BCUT2D eigenvalue weighted by Gasteiger charge is -2.18. The monoisotopic (exact) mass is 316 g/mol. The molecule has 122 valence electrons. The Hall–Kier alpha value is -2.47. The van der Waals surface area contributed by atoms with Gasteiger partial charge >= 0.3 is 0 Å². The Morgan fingerprint density at radius 1 is 1.39 bits per heavy atom. The van der Waals surface area contributed by atoms with Gasteiger partial charge < -0.3 is 14.8 Å². The first kappa shape index (κ1) is 16.9. The van der Waals surface area contributed by atoms with E-state index in [1.54, 1.807) is 30.6 Å². The number of rotatable bonds is 6. The minimum Gasteiger partial charge on any atom is -0.339 e. The van der Waals surface area contributed by atoms with Crippen LogP contribution in [-0.2, 0) is 11.8 Å². The number of hydrogen-bond donors (Lipinski definition) is 1. The van der Waals surface area contributed by atoms with Crippen LogP contribution in [0.3, 0.4) is 0 Å². The Morgan fingerprint density at radius 3 is 2.65 bits per heavy atom. The average molecular weight is 316 g/mol. The predicted molar refractivity (Wildman–Crippen MR) is 87.3 cm³/mol. The van der Waals surface area contributed by atoms with E-state index < -0.39 is 6.04 Å². The maximum atomic E-state index is 13.2. The summed E-state index contributed by atoms with van der Waals surface area (Å²) in [6, 6.07) is 5.61. The lowest BCUT2D eigenvalue weighted by atomic mass is 10.1. The molecule has 0 aliphatic carbocycles. The lowest BCUT2D eigenvalue weighted by Crippen LogP contribution is -2.30. The summed E-state index contributed by atoms with van der Waals surface area (Å²) in [6.45, 7) is 0.678. The first-order valence-electron chi connectivity index (χ1n) is 7.32. The van der Waals surface area contributed by atoms with Gasteiger partial charge in [0.15, 0.2) is 0 Å². The van der Waals surface area contributed by atoms with Crippen LogP contribution in [0.15, 0.2) is 48.8 Å². The number of nitrogens with zero attached hydrogens (tertiary/aromatic N) is 3. The second-order valence-corrected chi connectivity index (χ2v) is 5.55. The topological polar surface area (TPSA) is 50.2 Å². The number of likely N-dealkylation sites (N-methyl/N-ethyl adjacent to an activating group) is 1. The van der Waals surface area contributed by atoms with Crippen molar-refractivity contribution in [1.29, 1.82) is 0 Å². The van der Waals surface area contributed by atoms with E-state index in [1.165, 1.54) is 18.2 Å². The maximum absolute atomic E-state index is 13.2. The Morgan fingerprint density at radius 2 is 2.09 bits per heavy atom. The number of aromatic nitrogens is 2. The highest BCUT2D eigenvalue weighted by Gasteiger charge is 2.19. The zero-order valence-corrected chi connectivity index (χ0v) is 13.5. The minimum atomic E-state index is -0.438. The minimum absolute atomic E-state index is 0.218. The van der Waals surface area contributed by atoms with Crippen LogP contribution in [-0.4, -0.2) is 41.0 Å². The highest BCUT2D eigenvalue weighted by molar-refractivity contribution is 5.88. The third kappa shape index (κ3) is 4.75. The van der Waals surface area contributed by atoms with Crippen LogP contribution >= 0.6 is 0 Å². The molecule has 0 aliphatic rings. The quantitative estimate of drug-likeness (QED) is 0.828. The van der Waals surface area contributed by atoms with Gasteiger partial charge in [-0.05, 0) is 31.8 Å². The molecule has 1 unspecified atom stereocenters. The summed E-state index contributed by atoms with van der Waals surface area (Å²) in [5.41, 5.74) is 0.773. The van der Waals surface area contributed by atoms with Gasteiger partial charge in [-0.1, -0.05) is 18.2 Å². The summed E-state index contributed by atoms with van der Waals surface area (Å²) in [4.78, 5) is 18.4. The SMILES string of the molecule is CN(C)C/C=C/C(=O)NC(c1ccc(F)cc1)c1nccn1C. The highest BCUT2D eigenvalue weighted by Crippen LogP contribution is 2.20. The molecule has 2 rings (SSSR count). The van der Waals surface area contributed by atoms with Gasteiger partial charge in [0, 0.05) is 32.1 Å². The molecule has 0 saturated carbocycles. The largest absolute Gasteiger partial charge is 0.339 e. The molecule has 1 heterocycles. The Kier molecular flexibility index (Phi) is 5.65. The zero-order valence-electron chi connectivity index (χ0n) is 13.5. The fourth-order valence-corrected chi connectivity index (χ4v) is 2.17. The van der Waals surface area contributed by atoms with Gasteiger partial charge in [0.1, 0.15) is 17.7 Å². The average Bonchev–Trinajstić information content (AvgIpc) is 2.91. The summed E-state index contributed by atoms with van der Waals surface area (Å²) in [5, 5.41) is 2.92. The molecule has 1 aromatic carbocycles. The summed E-state index contributed by atoms with van der Waals surface area (Å²) < 4.78 is 15.0. The van der Waals surface area contributed by atoms with E-state index in [4.69, 9.17) is 0 Å². The number of benzene rings is 1. The number of hydrogen-bond acceptors (Lipinski definition) is 3. The normalized spacial score (nSPS) is 12.7. The van der Waals surface area contributed by atoms with Gasteiger partial charge in [-0.3, -0.25) is 4.79 Å². The summed E-state index contributed by atoms with van der Waals surface area (Å²) in [7, 11) is 5.71. The molecule has 6 heteroatoms. The third-order valence-corrected chi connectivity index (χ3v) is 3.35.